The highest BCUT2D eigenvalue weighted by Crippen LogP contribution is 2.43. The zero-order valence-electron chi connectivity index (χ0n) is 21.6. The molecule has 2 nitrogen and oxygen atoms in total. The summed E-state index contributed by atoms with van der Waals surface area (Å²) in [6, 6.07) is 27.1. The summed E-state index contributed by atoms with van der Waals surface area (Å²) < 4.78 is 2.56. The number of hydrogen-bond acceptors (Lipinski definition) is 0. The number of aromatic amines is 1. The molecule has 0 saturated heterocycles. The molecule has 0 saturated carbocycles. The third kappa shape index (κ3) is 3.23. The second-order valence-electron chi connectivity index (χ2n) is 10.9. The number of benzene rings is 4. The largest absolute Gasteiger partial charge is 0.354 e. The maximum Gasteiger partial charge on any atom is 0.0549 e. The van der Waals surface area contributed by atoms with E-state index in [4.69, 9.17) is 0 Å². The fraction of sp³-hybridized carbons (Fsp3) is 0.273. The Morgan fingerprint density at radius 1 is 0.571 bits per heavy atom. The molecular formula is C33H34N2. The van der Waals surface area contributed by atoms with E-state index in [1.165, 1.54) is 66.0 Å². The molecule has 2 heterocycles. The van der Waals surface area contributed by atoms with E-state index in [1.807, 2.05) is 0 Å². The van der Waals surface area contributed by atoms with Gasteiger partial charge in [-0.1, -0.05) is 90.1 Å². The third-order valence-corrected chi connectivity index (χ3v) is 7.63. The molecule has 0 aliphatic heterocycles. The Labute approximate surface area is 207 Å². The second kappa shape index (κ2) is 8.02. The minimum absolute atomic E-state index is 0.425. The second-order valence-corrected chi connectivity index (χ2v) is 10.9. The van der Waals surface area contributed by atoms with E-state index in [2.05, 4.69) is 124 Å². The van der Waals surface area contributed by atoms with Gasteiger partial charge in [-0.3, -0.25) is 0 Å². The topological polar surface area (TPSA) is 20.7 Å². The Balaban J connectivity index is 1.85. The Morgan fingerprint density at radius 2 is 1.20 bits per heavy atom. The van der Waals surface area contributed by atoms with Crippen molar-refractivity contribution in [2.75, 3.05) is 0 Å². The average Bonchev–Trinajstić information content (AvgIpc) is 3.38. The zero-order chi connectivity index (χ0) is 24.4. The van der Waals surface area contributed by atoms with Crippen molar-refractivity contribution in [3.63, 3.8) is 0 Å². The Kier molecular flexibility index (Phi) is 5.03. The van der Waals surface area contributed by atoms with Gasteiger partial charge in [-0.05, 0) is 58.7 Å². The molecule has 0 amide bonds. The van der Waals surface area contributed by atoms with E-state index in [-0.39, 0.29) is 0 Å². The lowest BCUT2D eigenvalue weighted by molar-refractivity contribution is 0.791. The van der Waals surface area contributed by atoms with Crippen LogP contribution in [0.1, 0.15) is 76.0 Å². The first-order chi connectivity index (χ1) is 16.9. The van der Waals surface area contributed by atoms with Crippen LogP contribution in [0.15, 0.2) is 72.8 Å². The number of fused-ring (bicyclic) bond motifs is 7. The monoisotopic (exact) mass is 458 g/mol. The van der Waals surface area contributed by atoms with Gasteiger partial charge in [-0.25, -0.2) is 0 Å². The van der Waals surface area contributed by atoms with Crippen LogP contribution in [0.5, 0.6) is 0 Å². The smallest absolute Gasteiger partial charge is 0.0549 e. The molecule has 0 spiro atoms. The van der Waals surface area contributed by atoms with Crippen molar-refractivity contribution in [2.45, 2.75) is 59.3 Å². The predicted molar refractivity (Wildman–Crippen MR) is 152 cm³/mol. The number of hydrogen-bond donors (Lipinski definition) is 1. The van der Waals surface area contributed by atoms with Gasteiger partial charge in [0.25, 0.3) is 0 Å². The minimum Gasteiger partial charge on any atom is -0.354 e. The standard InChI is InChI=1S/C33H34N2/c1-19(2)22-17-25(20(3)4)33(26(18-22)21(5)6)35-29-14-10-8-12-24(29)32-30(35)16-15-28-31(32)23-11-7-9-13-27(23)34-28/h7-21,34H,1-6H3. The number of nitrogens with one attached hydrogen (secondary N) is 1. The molecule has 0 radical (unpaired) electrons. The molecular weight excluding hydrogens is 424 g/mol. The molecule has 0 aliphatic rings. The molecule has 6 aromatic rings. The van der Waals surface area contributed by atoms with Crippen molar-refractivity contribution < 1.29 is 0 Å². The van der Waals surface area contributed by atoms with Gasteiger partial charge in [0.2, 0.25) is 0 Å². The SMILES string of the molecule is CC(C)c1cc(C(C)C)c(-n2c3ccccc3c3c4c(ccc32)[nH]c2ccccc24)c(C(C)C)c1. The molecule has 2 heteroatoms. The van der Waals surface area contributed by atoms with Crippen LogP contribution < -0.4 is 0 Å². The summed E-state index contributed by atoms with van der Waals surface area (Å²) in [4.78, 5) is 3.65. The lowest BCUT2D eigenvalue weighted by Crippen LogP contribution is -2.09. The van der Waals surface area contributed by atoms with E-state index < -0.39 is 0 Å². The Morgan fingerprint density at radius 3 is 1.86 bits per heavy atom. The summed E-state index contributed by atoms with van der Waals surface area (Å²) >= 11 is 0. The van der Waals surface area contributed by atoms with Crippen LogP contribution >= 0.6 is 0 Å². The van der Waals surface area contributed by atoms with Crippen molar-refractivity contribution in [3.8, 4) is 5.69 Å². The maximum absolute atomic E-state index is 3.65. The van der Waals surface area contributed by atoms with E-state index in [0.717, 1.165) is 0 Å². The highest BCUT2D eigenvalue weighted by molar-refractivity contribution is 6.28. The minimum atomic E-state index is 0.425. The van der Waals surface area contributed by atoms with Crippen LogP contribution in [0.3, 0.4) is 0 Å². The van der Waals surface area contributed by atoms with E-state index in [1.54, 1.807) is 0 Å². The van der Waals surface area contributed by atoms with Gasteiger partial charge >= 0.3 is 0 Å². The van der Waals surface area contributed by atoms with Crippen molar-refractivity contribution in [1.29, 1.82) is 0 Å². The molecule has 1 N–H and O–H groups in total. The Hall–Kier alpha value is -3.52. The first kappa shape index (κ1) is 22.0. The van der Waals surface area contributed by atoms with Crippen molar-refractivity contribution in [1.82, 2.24) is 9.55 Å². The predicted octanol–water partition coefficient (Wildman–Crippen LogP) is 9.79. The molecule has 176 valence electrons. The first-order valence-electron chi connectivity index (χ1n) is 13.0. The molecule has 0 atom stereocenters. The van der Waals surface area contributed by atoms with Gasteiger partial charge in [-0.15, -0.1) is 0 Å². The number of aromatic nitrogens is 2. The third-order valence-electron chi connectivity index (χ3n) is 7.63. The molecule has 0 unspecified atom stereocenters. The van der Waals surface area contributed by atoms with Crippen LogP contribution in [-0.4, -0.2) is 9.55 Å². The molecule has 2 aromatic heterocycles. The van der Waals surface area contributed by atoms with Gasteiger partial charge in [-0.2, -0.15) is 0 Å². The summed E-state index contributed by atoms with van der Waals surface area (Å²) in [5, 5.41) is 5.27. The van der Waals surface area contributed by atoms with E-state index >= 15 is 0 Å². The first-order valence-corrected chi connectivity index (χ1v) is 13.0. The molecule has 4 aromatic carbocycles. The van der Waals surface area contributed by atoms with Crippen LogP contribution in [0.4, 0.5) is 0 Å². The Bertz CT molecular complexity index is 1690. The number of para-hydroxylation sites is 2. The summed E-state index contributed by atoms with van der Waals surface area (Å²) in [7, 11) is 0. The zero-order valence-corrected chi connectivity index (χ0v) is 21.6. The lowest BCUT2D eigenvalue weighted by Gasteiger charge is -2.25. The number of rotatable bonds is 4. The van der Waals surface area contributed by atoms with Crippen molar-refractivity contribution in [2.24, 2.45) is 0 Å². The molecule has 6 rings (SSSR count). The fourth-order valence-electron chi connectivity index (χ4n) is 5.82. The van der Waals surface area contributed by atoms with Gasteiger partial charge in [0.05, 0.1) is 16.7 Å². The quantitative estimate of drug-likeness (QED) is 0.271. The summed E-state index contributed by atoms with van der Waals surface area (Å²) in [6.07, 6.45) is 0. The van der Waals surface area contributed by atoms with Crippen LogP contribution in [0.2, 0.25) is 0 Å². The van der Waals surface area contributed by atoms with Crippen LogP contribution in [0, 0.1) is 0 Å². The molecule has 35 heavy (non-hydrogen) atoms. The number of nitrogens with zero attached hydrogens (tertiary/aromatic N) is 1. The van der Waals surface area contributed by atoms with Gasteiger partial charge in [0, 0.05) is 32.6 Å². The summed E-state index contributed by atoms with van der Waals surface area (Å²) in [5.41, 5.74) is 10.6. The van der Waals surface area contributed by atoms with Crippen molar-refractivity contribution in [3.05, 3.63) is 89.5 Å². The average molecular weight is 459 g/mol. The summed E-state index contributed by atoms with van der Waals surface area (Å²) in [5.74, 6) is 1.35. The van der Waals surface area contributed by atoms with Gasteiger partial charge < -0.3 is 9.55 Å². The van der Waals surface area contributed by atoms with Crippen LogP contribution in [0.25, 0.3) is 49.3 Å². The maximum atomic E-state index is 3.65. The lowest BCUT2D eigenvalue weighted by atomic mass is 9.87. The molecule has 0 fully saturated rings. The van der Waals surface area contributed by atoms with Crippen molar-refractivity contribution >= 4 is 43.6 Å². The van der Waals surface area contributed by atoms with Gasteiger partial charge in [0.1, 0.15) is 0 Å². The normalized spacial score (nSPS) is 12.5. The summed E-state index contributed by atoms with van der Waals surface area (Å²) in [6.45, 7) is 13.9. The van der Waals surface area contributed by atoms with E-state index in [0.29, 0.717) is 17.8 Å². The van der Waals surface area contributed by atoms with Gasteiger partial charge in [0.15, 0.2) is 0 Å². The van der Waals surface area contributed by atoms with Crippen LogP contribution in [-0.2, 0) is 0 Å². The molecule has 0 aliphatic carbocycles. The number of H-pyrrole nitrogens is 1. The molecule has 0 bridgehead atoms. The van der Waals surface area contributed by atoms with E-state index in [9.17, 15) is 0 Å². The fourth-order valence-corrected chi connectivity index (χ4v) is 5.82. The highest BCUT2D eigenvalue weighted by atomic mass is 15.0. The highest BCUT2D eigenvalue weighted by Gasteiger charge is 2.23.